The van der Waals surface area contributed by atoms with Crippen molar-refractivity contribution < 1.29 is 4.79 Å². The molecule has 0 bridgehead atoms. The summed E-state index contributed by atoms with van der Waals surface area (Å²) in [5.41, 5.74) is 6.49. The van der Waals surface area contributed by atoms with Gasteiger partial charge < -0.3 is 15.5 Å². The molecule has 3 heterocycles. The summed E-state index contributed by atoms with van der Waals surface area (Å²) in [5.74, 6) is 1.78. The average Bonchev–Trinajstić information content (AvgIpc) is 3.30. The van der Waals surface area contributed by atoms with Crippen molar-refractivity contribution in [2.75, 3.05) is 36.9 Å². The largest absolute Gasteiger partial charge is 0.384 e. The van der Waals surface area contributed by atoms with Crippen LogP contribution < -0.4 is 15.5 Å². The molecule has 2 aliphatic heterocycles. The van der Waals surface area contributed by atoms with E-state index in [-0.39, 0.29) is 11.3 Å². The van der Waals surface area contributed by atoms with Gasteiger partial charge >= 0.3 is 0 Å². The molecule has 1 amide bonds. The third-order valence-corrected chi connectivity index (χ3v) is 7.19. The predicted octanol–water partition coefficient (Wildman–Crippen LogP) is 2.78. The maximum atomic E-state index is 11.8. The molecule has 1 aliphatic carbocycles. The molecule has 1 fully saturated rings. The third kappa shape index (κ3) is 3.05. The summed E-state index contributed by atoms with van der Waals surface area (Å²) in [4.78, 5) is 23.5. The number of nitrogens with zero attached hydrogens (tertiary/aromatic N) is 3. The molecule has 1 saturated heterocycles. The van der Waals surface area contributed by atoms with E-state index < -0.39 is 0 Å². The topological polar surface area (TPSA) is 70.2 Å². The lowest BCUT2D eigenvalue weighted by Crippen LogP contribution is -2.44. The zero-order chi connectivity index (χ0) is 20.0. The Balaban J connectivity index is 1.38. The van der Waals surface area contributed by atoms with Gasteiger partial charge in [0.05, 0.1) is 6.42 Å². The van der Waals surface area contributed by atoms with Crippen LogP contribution in [0.1, 0.15) is 54.5 Å². The molecule has 29 heavy (non-hydrogen) atoms. The highest BCUT2D eigenvalue weighted by Gasteiger charge is 2.42. The second-order valence-electron chi connectivity index (χ2n) is 8.85. The van der Waals surface area contributed by atoms with Crippen LogP contribution in [0.4, 0.5) is 11.5 Å². The summed E-state index contributed by atoms with van der Waals surface area (Å²) in [6.07, 6.45) is 6.65. The van der Waals surface area contributed by atoms with E-state index in [1.807, 2.05) is 0 Å². The molecule has 6 heteroatoms. The first-order valence-electron chi connectivity index (χ1n) is 10.8. The second kappa shape index (κ2) is 7.01. The highest BCUT2D eigenvalue weighted by Crippen LogP contribution is 2.46. The molecule has 0 saturated carbocycles. The van der Waals surface area contributed by atoms with Crippen molar-refractivity contribution in [3.8, 4) is 0 Å². The van der Waals surface area contributed by atoms with E-state index in [0.717, 1.165) is 50.3 Å². The summed E-state index contributed by atoms with van der Waals surface area (Å²) >= 11 is 0. The number of aryl methyl sites for hydroxylation is 1. The number of piperidine rings is 1. The van der Waals surface area contributed by atoms with Crippen LogP contribution in [0.25, 0.3) is 0 Å². The molecule has 1 aromatic carbocycles. The molecule has 152 valence electrons. The fraction of sp³-hybridized carbons (Fsp3) is 0.522. The molecular weight excluding hydrogens is 362 g/mol. The van der Waals surface area contributed by atoms with E-state index >= 15 is 0 Å². The Hall–Kier alpha value is -2.63. The number of carbonyl (C=O) groups excluding carboxylic acids is 1. The first kappa shape index (κ1) is 18.4. The van der Waals surface area contributed by atoms with E-state index in [1.54, 1.807) is 13.4 Å². The Morgan fingerprint density at radius 2 is 2.14 bits per heavy atom. The number of anilines is 2. The SMILES string of the molecule is CNC(=O)Cc1ccc2c(c1)C1(CCN(c3ncnc4c3C(C)CC4)CC1)CN2. The van der Waals surface area contributed by atoms with Gasteiger partial charge in [0.25, 0.3) is 0 Å². The van der Waals surface area contributed by atoms with Crippen LogP contribution in [0.15, 0.2) is 24.5 Å². The first-order chi connectivity index (χ1) is 14.1. The normalized spacial score (nSPS) is 21.6. The van der Waals surface area contributed by atoms with Crippen molar-refractivity contribution in [3.05, 3.63) is 46.9 Å². The van der Waals surface area contributed by atoms with E-state index in [4.69, 9.17) is 4.98 Å². The minimum absolute atomic E-state index is 0.0616. The Labute approximate surface area is 172 Å². The summed E-state index contributed by atoms with van der Waals surface area (Å²) in [7, 11) is 1.69. The van der Waals surface area contributed by atoms with Crippen LogP contribution in [0.3, 0.4) is 0 Å². The quantitative estimate of drug-likeness (QED) is 0.842. The number of benzene rings is 1. The molecule has 1 unspecified atom stereocenters. The van der Waals surface area contributed by atoms with Crippen LogP contribution in [-0.2, 0) is 23.1 Å². The molecular formula is C23H29N5O. The molecule has 2 aromatic rings. The Kier molecular flexibility index (Phi) is 4.45. The Morgan fingerprint density at radius 1 is 1.31 bits per heavy atom. The Morgan fingerprint density at radius 3 is 2.93 bits per heavy atom. The minimum Gasteiger partial charge on any atom is -0.384 e. The second-order valence-corrected chi connectivity index (χ2v) is 8.85. The highest BCUT2D eigenvalue weighted by atomic mass is 16.1. The molecule has 6 nitrogen and oxygen atoms in total. The van der Waals surface area contributed by atoms with Gasteiger partial charge in [0, 0.05) is 49.0 Å². The van der Waals surface area contributed by atoms with Crippen LogP contribution in [0.2, 0.25) is 0 Å². The number of hydrogen-bond acceptors (Lipinski definition) is 5. The van der Waals surface area contributed by atoms with Crippen molar-refractivity contribution in [1.82, 2.24) is 15.3 Å². The number of likely N-dealkylation sites (N-methyl/N-ethyl adjacent to an activating group) is 1. The summed E-state index contributed by atoms with van der Waals surface area (Å²) < 4.78 is 0. The lowest BCUT2D eigenvalue weighted by atomic mass is 9.74. The third-order valence-electron chi connectivity index (χ3n) is 7.19. The van der Waals surface area contributed by atoms with Gasteiger partial charge in [0.1, 0.15) is 12.1 Å². The van der Waals surface area contributed by atoms with Gasteiger partial charge in [-0.25, -0.2) is 9.97 Å². The molecule has 2 N–H and O–H groups in total. The van der Waals surface area contributed by atoms with E-state index in [2.05, 4.69) is 45.6 Å². The van der Waals surface area contributed by atoms with Gasteiger partial charge in [-0.2, -0.15) is 0 Å². The summed E-state index contributed by atoms with van der Waals surface area (Å²) in [6, 6.07) is 6.47. The zero-order valence-electron chi connectivity index (χ0n) is 17.3. The maximum absolute atomic E-state index is 11.8. The van der Waals surface area contributed by atoms with Gasteiger partial charge in [-0.3, -0.25) is 4.79 Å². The van der Waals surface area contributed by atoms with E-state index in [9.17, 15) is 4.79 Å². The van der Waals surface area contributed by atoms with Crippen molar-refractivity contribution in [3.63, 3.8) is 0 Å². The number of aromatic nitrogens is 2. The molecule has 1 spiro atoms. The van der Waals surface area contributed by atoms with Crippen LogP contribution in [0, 0.1) is 0 Å². The van der Waals surface area contributed by atoms with Crippen LogP contribution in [-0.4, -0.2) is 42.6 Å². The van der Waals surface area contributed by atoms with E-state index in [1.165, 1.54) is 28.9 Å². The van der Waals surface area contributed by atoms with Gasteiger partial charge in [0.2, 0.25) is 5.91 Å². The van der Waals surface area contributed by atoms with Crippen LogP contribution in [0.5, 0.6) is 0 Å². The van der Waals surface area contributed by atoms with Crippen molar-refractivity contribution in [2.45, 2.75) is 50.4 Å². The maximum Gasteiger partial charge on any atom is 0.224 e. The number of carbonyl (C=O) groups is 1. The molecule has 3 aliphatic rings. The van der Waals surface area contributed by atoms with E-state index in [0.29, 0.717) is 12.3 Å². The zero-order valence-corrected chi connectivity index (χ0v) is 17.3. The van der Waals surface area contributed by atoms with Crippen LogP contribution >= 0.6 is 0 Å². The van der Waals surface area contributed by atoms with Gasteiger partial charge in [-0.05, 0) is 48.8 Å². The Bertz CT molecular complexity index is 948. The average molecular weight is 392 g/mol. The molecule has 1 aromatic heterocycles. The highest BCUT2D eigenvalue weighted by molar-refractivity contribution is 5.78. The summed E-state index contributed by atoms with van der Waals surface area (Å²) in [6.45, 7) is 5.31. The minimum atomic E-state index is 0.0616. The molecule has 1 atom stereocenters. The lowest BCUT2D eigenvalue weighted by molar-refractivity contribution is -0.119. The first-order valence-corrected chi connectivity index (χ1v) is 10.8. The number of hydrogen-bond donors (Lipinski definition) is 2. The standard InChI is InChI=1S/C23H29N5O/c1-15-3-5-19-21(15)22(27-14-26-19)28-9-7-23(8-10-28)13-25-18-6-4-16(11-17(18)23)12-20(29)24-2/h4,6,11,14-15,25H,3,5,7-10,12-13H2,1-2H3,(H,24,29). The lowest BCUT2D eigenvalue weighted by Gasteiger charge is -2.40. The number of amides is 1. The van der Waals surface area contributed by atoms with Gasteiger partial charge in [-0.15, -0.1) is 0 Å². The predicted molar refractivity (Wildman–Crippen MR) is 115 cm³/mol. The molecule has 5 rings (SSSR count). The molecule has 0 radical (unpaired) electrons. The van der Waals surface area contributed by atoms with Crippen molar-refractivity contribution in [2.24, 2.45) is 0 Å². The summed E-state index contributed by atoms with van der Waals surface area (Å²) in [5, 5.41) is 6.34. The van der Waals surface area contributed by atoms with Gasteiger partial charge in [-0.1, -0.05) is 19.1 Å². The monoisotopic (exact) mass is 391 g/mol. The fourth-order valence-electron chi connectivity index (χ4n) is 5.40. The van der Waals surface area contributed by atoms with Crippen molar-refractivity contribution >= 4 is 17.4 Å². The number of nitrogens with one attached hydrogen (secondary N) is 2. The fourth-order valence-corrected chi connectivity index (χ4v) is 5.40. The van der Waals surface area contributed by atoms with Gasteiger partial charge in [0.15, 0.2) is 0 Å². The number of fused-ring (bicyclic) bond motifs is 3. The smallest absolute Gasteiger partial charge is 0.224 e. The van der Waals surface area contributed by atoms with Crippen molar-refractivity contribution in [1.29, 1.82) is 0 Å². The number of rotatable bonds is 3.